The summed E-state index contributed by atoms with van der Waals surface area (Å²) in [6.45, 7) is 3.90. The van der Waals surface area contributed by atoms with E-state index in [1.807, 2.05) is 6.92 Å². The number of alkyl halides is 1. The van der Waals surface area contributed by atoms with Crippen LogP contribution < -0.4 is 10.5 Å². The lowest BCUT2D eigenvalue weighted by molar-refractivity contribution is 0.101. The Morgan fingerprint density at radius 1 is 1.50 bits per heavy atom. The second kappa shape index (κ2) is 5.75. The van der Waals surface area contributed by atoms with Gasteiger partial charge in [-0.05, 0) is 32.4 Å². The molecule has 1 aromatic carbocycles. The van der Waals surface area contributed by atoms with Gasteiger partial charge in [-0.15, -0.1) is 11.6 Å². The van der Waals surface area contributed by atoms with Gasteiger partial charge in [-0.1, -0.05) is 0 Å². The number of ketones is 1. The molecular weight excluding hydrogens is 226 g/mol. The van der Waals surface area contributed by atoms with Crippen LogP contribution in [0.4, 0.5) is 5.69 Å². The first kappa shape index (κ1) is 12.8. The van der Waals surface area contributed by atoms with E-state index >= 15 is 0 Å². The highest BCUT2D eigenvalue weighted by Crippen LogP contribution is 2.27. The van der Waals surface area contributed by atoms with Gasteiger partial charge in [-0.3, -0.25) is 4.79 Å². The van der Waals surface area contributed by atoms with Crippen LogP contribution in [0.1, 0.15) is 29.3 Å². The smallest absolute Gasteiger partial charge is 0.161 e. The van der Waals surface area contributed by atoms with Crippen molar-refractivity contribution in [1.82, 2.24) is 0 Å². The summed E-state index contributed by atoms with van der Waals surface area (Å²) in [5.74, 6) is 1.25. The standard InChI is InChI=1S/C12H16ClNO2/c1-8-11(16-7-3-6-13)5-4-10(9(2)15)12(8)14/h4-5H,3,6-7,14H2,1-2H3. The number of nitrogens with two attached hydrogens (primary N) is 1. The molecule has 4 heteroatoms. The predicted octanol–water partition coefficient (Wildman–Crippen LogP) is 2.79. The van der Waals surface area contributed by atoms with Gasteiger partial charge in [-0.2, -0.15) is 0 Å². The highest BCUT2D eigenvalue weighted by Gasteiger charge is 2.10. The summed E-state index contributed by atoms with van der Waals surface area (Å²) in [7, 11) is 0. The molecule has 0 aliphatic rings. The third-order valence-corrected chi connectivity index (χ3v) is 2.65. The minimum atomic E-state index is -0.0343. The molecule has 1 rings (SSSR count). The van der Waals surface area contributed by atoms with Gasteiger partial charge in [0.05, 0.1) is 6.61 Å². The Bertz CT molecular complexity index is 391. The maximum atomic E-state index is 11.3. The SMILES string of the molecule is CC(=O)c1ccc(OCCCCl)c(C)c1N. The van der Waals surface area contributed by atoms with E-state index in [0.717, 1.165) is 12.0 Å². The lowest BCUT2D eigenvalue weighted by Crippen LogP contribution is -2.05. The second-order valence-electron chi connectivity index (χ2n) is 3.60. The summed E-state index contributed by atoms with van der Waals surface area (Å²) in [5.41, 5.74) is 7.71. The summed E-state index contributed by atoms with van der Waals surface area (Å²) in [4.78, 5) is 11.3. The first-order chi connectivity index (χ1) is 7.57. The number of carbonyl (C=O) groups excluding carboxylic acids is 1. The van der Waals surface area contributed by atoms with Gasteiger partial charge in [0.25, 0.3) is 0 Å². The molecule has 0 aliphatic carbocycles. The Labute approximate surface area is 101 Å². The molecule has 0 fully saturated rings. The van der Waals surface area contributed by atoms with E-state index in [-0.39, 0.29) is 5.78 Å². The number of benzene rings is 1. The van der Waals surface area contributed by atoms with Crippen LogP contribution >= 0.6 is 11.6 Å². The van der Waals surface area contributed by atoms with Gasteiger partial charge in [0.2, 0.25) is 0 Å². The average Bonchev–Trinajstić information content (AvgIpc) is 2.24. The van der Waals surface area contributed by atoms with Gasteiger partial charge in [-0.25, -0.2) is 0 Å². The molecule has 1 aromatic rings. The molecule has 0 amide bonds. The average molecular weight is 242 g/mol. The molecule has 0 saturated heterocycles. The second-order valence-corrected chi connectivity index (χ2v) is 3.98. The molecule has 88 valence electrons. The number of nitrogen functional groups attached to an aromatic ring is 1. The van der Waals surface area contributed by atoms with E-state index in [9.17, 15) is 4.79 Å². The van der Waals surface area contributed by atoms with Crippen LogP contribution in [0.2, 0.25) is 0 Å². The molecule has 0 spiro atoms. The van der Waals surface area contributed by atoms with Crippen molar-refractivity contribution in [3.63, 3.8) is 0 Å². The number of halogens is 1. The molecule has 0 saturated carbocycles. The summed E-state index contributed by atoms with van der Waals surface area (Å²) in [6, 6.07) is 3.47. The quantitative estimate of drug-likeness (QED) is 0.373. The molecule has 0 bridgehead atoms. The number of anilines is 1. The molecule has 16 heavy (non-hydrogen) atoms. The fraction of sp³-hybridized carbons (Fsp3) is 0.417. The Kier molecular flexibility index (Phi) is 4.62. The maximum absolute atomic E-state index is 11.3. The van der Waals surface area contributed by atoms with Gasteiger partial charge >= 0.3 is 0 Å². The lowest BCUT2D eigenvalue weighted by atomic mass is 10.0. The summed E-state index contributed by atoms with van der Waals surface area (Å²) in [6.07, 6.45) is 0.787. The molecule has 0 aromatic heterocycles. The first-order valence-electron chi connectivity index (χ1n) is 5.16. The van der Waals surface area contributed by atoms with Crippen LogP contribution in [0.3, 0.4) is 0 Å². The van der Waals surface area contributed by atoms with Gasteiger partial charge < -0.3 is 10.5 Å². The van der Waals surface area contributed by atoms with Crippen LogP contribution in [0.25, 0.3) is 0 Å². The van der Waals surface area contributed by atoms with E-state index in [2.05, 4.69) is 0 Å². The van der Waals surface area contributed by atoms with Crippen LogP contribution in [-0.2, 0) is 0 Å². The summed E-state index contributed by atoms with van der Waals surface area (Å²) >= 11 is 5.56. The molecule has 0 radical (unpaired) electrons. The topological polar surface area (TPSA) is 52.3 Å². The van der Waals surface area contributed by atoms with Crippen molar-refractivity contribution in [3.05, 3.63) is 23.3 Å². The Morgan fingerprint density at radius 2 is 2.19 bits per heavy atom. The van der Waals surface area contributed by atoms with Crippen molar-refractivity contribution in [3.8, 4) is 5.75 Å². The molecule has 3 nitrogen and oxygen atoms in total. The molecule has 2 N–H and O–H groups in total. The zero-order valence-corrected chi connectivity index (χ0v) is 10.3. The minimum absolute atomic E-state index is 0.0343. The monoisotopic (exact) mass is 241 g/mol. The van der Waals surface area contributed by atoms with Crippen LogP contribution in [0.15, 0.2) is 12.1 Å². The van der Waals surface area contributed by atoms with Crippen LogP contribution in [0, 0.1) is 6.92 Å². The minimum Gasteiger partial charge on any atom is -0.493 e. The van der Waals surface area contributed by atoms with Crippen molar-refractivity contribution in [2.24, 2.45) is 0 Å². The van der Waals surface area contributed by atoms with E-state index in [0.29, 0.717) is 29.5 Å². The third-order valence-electron chi connectivity index (χ3n) is 2.38. The lowest BCUT2D eigenvalue weighted by Gasteiger charge is -2.12. The van der Waals surface area contributed by atoms with E-state index in [1.165, 1.54) is 6.92 Å². The fourth-order valence-corrected chi connectivity index (χ4v) is 1.52. The van der Waals surface area contributed by atoms with Crippen molar-refractivity contribution in [2.45, 2.75) is 20.3 Å². The molecule has 0 unspecified atom stereocenters. The van der Waals surface area contributed by atoms with E-state index in [1.54, 1.807) is 12.1 Å². The Balaban J connectivity index is 2.89. The van der Waals surface area contributed by atoms with Crippen LogP contribution in [-0.4, -0.2) is 18.3 Å². The Morgan fingerprint density at radius 3 is 2.75 bits per heavy atom. The van der Waals surface area contributed by atoms with Gasteiger partial charge in [0.1, 0.15) is 5.75 Å². The van der Waals surface area contributed by atoms with E-state index < -0.39 is 0 Å². The van der Waals surface area contributed by atoms with Crippen molar-refractivity contribution < 1.29 is 9.53 Å². The Hall–Kier alpha value is -1.22. The number of Topliss-reactive ketones (excluding diaryl/α,β-unsaturated/α-hetero) is 1. The third kappa shape index (κ3) is 2.89. The number of ether oxygens (including phenoxy) is 1. The number of rotatable bonds is 5. The zero-order valence-electron chi connectivity index (χ0n) is 9.55. The predicted molar refractivity (Wildman–Crippen MR) is 66.4 cm³/mol. The zero-order chi connectivity index (χ0) is 12.1. The first-order valence-corrected chi connectivity index (χ1v) is 5.70. The normalized spacial score (nSPS) is 10.2. The van der Waals surface area contributed by atoms with Gasteiger partial charge in [0, 0.05) is 22.7 Å². The van der Waals surface area contributed by atoms with Crippen molar-refractivity contribution in [1.29, 1.82) is 0 Å². The summed E-state index contributed by atoms with van der Waals surface area (Å²) in [5, 5.41) is 0. The molecule has 0 heterocycles. The van der Waals surface area contributed by atoms with E-state index in [4.69, 9.17) is 22.1 Å². The van der Waals surface area contributed by atoms with Gasteiger partial charge in [0.15, 0.2) is 5.78 Å². The summed E-state index contributed by atoms with van der Waals surface area (Å²) < 4.78 is 5.52. The van der Waals surface area contributed by atoms with Crippen LogP contribution in [0.5, 0.6) is 5.75 Å². The highest BCUT2D eigenvalue weighted by molar-refractivity contribution is 6.17. The highest BCUT2D eigenvalue weighted by atomic mass is 35.5. The fourth-order valence-electron chi connectivity index (χ4n) is 1.41. The molecule has 0 aliphatic heterocycles. The number of hydrogen-bond acceptors (Lipinski definition) is 3. The van der Waals surface area contributed by atoms with Crippen molar-refractivity contribution >= 4 is 23.1 Å². The van der Waals surface area contributed by atoms with Crippen molar-refractivity contribution in [2.75, 3.05) is 18.2 Å². The number of carbonyl (C=O) groups is 1. The molecule has 0 atom stereocenters. The molecular formula is C12H16ClNO2. The largest absolute Gasteiger partial charge is 0.493 e. The maximum Gasteiger partial charge on any atom is 0.161 e. The number of hydrogen-bond donors (Lipinski definition) is 1.